The molecule has 0 spiro atoms. The van der Waals surface area contributed by atoms with Crippen molar-refractivity contribution >= 4 is 21.7 Å². The van der Waals surface area contributed by atoms with Crippen molar-refractivity contribution in [2.24, 2.45) is 0 Å². The summed E-state index contributed by atoms with van der Waals surface area (Å²) >= 11 is 0. The summed E-state index contributed by atoms with van der Waals surface area (Å²) in [6.45, 7) is 7.81. The largest absolute Gasteiger partial charge is 0.348 e. The highest BCUT2D eigenvalue weighted by Crippen LogP contribution is 2.23. The van der Waals surface area contributed by atoms with Crippen LogP contribution in [0.2, 0.25) is 0 Å². The van der Waals surface area contributed by atoms with Crippen LogP contribution < -0.4 is 10.6 Å². The summed E-state index contributed by atoms with van der Waals surface area (Å²) in [6, 6.07) is 7.27. The fraction of sp³-hybridized carbons (Fsp3) is 0.556. The van der Waals surface area contributed by atoms with Crippen molar-refractivity contribution in [1.29, 1.82) is 0 Å². The molecule has 0 aromatic heterocycles. The third-order valence-corrected chi connectivity index (χ3v) is 6.27. The van der Waals surface area contributed by atoms with Crippen molar-refractivity contribution in [2.75, 3.05) is 18.1 Å². The predicted octanol–water partition coefficient (Wildman–Crippen LogP) is 1.41. The highest BCUT2D eigenvalue weighted by molar-refractivity contribution is 7.91. The molecule has 1 aromatic carbocycles. The van der Waals surface area contributed by atoms with Gasteiger partial charge in [-0.15, -0.1) is 0 Å². The Morgan fingerprint density at radius 1 is 1.16 bits per heavy atom. The molecule has 1 unspecified atom stereocenters. The lowest BCUT2D eigenvalue weighted by atomic mass is 9.87. The molecule has 25 heavy (non-hydrogen) atoms. The maximum atomic E-state index is 12.1. The summed E-state index contributed by atoms with van der Waals surface area (Å²) < 4.78 is 23.1. The summed E-state index contributed by atoms with van der Waals surface area (Å²) in [5.74, 6) is -0.705. The number of amides is 2. The number of carbonyl (C=O) groups excluding carboxylic acids is 2. The summed E-state index contributed by atoms with van der Waals surface area (Å²) in [6.07, 6.45) is 0.392. The third-order valence-electron chi connectivity index (χ3n) is 4.37. The van der Waals surface area contributed by atoms with E-state index in [2.05, 4.69) is 31.4 Å². The van der Waals surface area contributed by atoms with Gasteiger partial charge in [-0.3, -0.25) is 9.59 Å². The maximum Gasteiger partial charge on any atom is 0.251 e. The van der Waals surface area contributed by atoms with Gasteiger partial charge in [-0.25, -0.2) is 8.42 Å². The predicted molar refractivity (Wildman–Crippen MR) is 97.3 cm³/mol. The zero-order chi connectivity index (χ0) is 18.9. The number of rotatable bonds is 4. The van der Waals surface area contributed by atoms with Gasteiger partial charge in [0.1, 0.15) is 0 Å². The van der Waals surface area contributed by atoms with E-state index in [1.54, 1.807) is 19.1 Å². The standard InChI is InChI=1S/C18H26N2O4S/c1-17(2,3)14-7-5-13(6-8-14)16(22)19-11-15(21)20-18(4)9-10-25(23,24)12-18/h5-8H,9-12H2,1-4H3,(H,19,22)(H,20,21). The highest BCUT2D eigenvalue weighted by atomic mass is 32.2. The van der Waals surface area contributed by atoms with Gasteiger partial charge in [0.2, 0.25) is 5.91 Å². The average Bonchev–Trinajstić information content (AvgIpc) is 2.77. The molecule has 0 radical (unpaired) electrons. The first kappa shape index (κ1) is 19.4. The van der Waals surface area contributed by atoms with Gasteiger partial charge < -0.3 is 10.6 Å². The van der Waals surface area contributed by atoms with E-state index in [9.17, 15) is 18.0 Å². The second-order valence-corrected chi connectivity index (χ2v) is 10.1. The molecule has 6 nitrogen and oxygen atoms in total. The van der Waals surface area contributed by atoms with E-state index in [0.717, 1.165) is 5.56 Å². The van der Waals surface area contributed by atoms with Gasteiger partial charge in [-0.1, -0.05) is 32.9 Å². The fourth-order valence-corrected chi connectivity index (χ4v) is 4.97. The van der Waals surface area contributed by atoms with Crippen LogP contribution in [0.5, 0.6) is 0 Å². The number of sulfone groups is 1. The summed E-state index contributed by atoms with van der Waals surface area (Å²) in [5, 5.41) is 5.28. The van der Waals surface area contributed by atoms with Crippen LogP contribution in [0, 0.1) is 0 Å². The zero-order valence-electron chi connectivity index (χ0n) is 15.2. The Bertz CT molecular complexity index is 763. The fourth-order valence-electron chi connectivity index (χ4n) is 2.87. The Balaban J connectivity index is 1.88. The van der Waals surface area contributed by atoms with E-state index in [0.29, 0.717) is 12.0 Å². The minimum atomic E-state index is -3.09. The molecule has 1 fully saturated rings. The Kier molecular flexibility index (Phi) is 5.27. The van der Waals surface area contributed by atoms with Gasteiger partial charge >= 0.3 is 0 Å². The minimum absolute atomic E-state index is 0.00591. The van der Waals surface area contributed by atoms with Crippen molar-refractivity contribution in [3.8, 4) is 0 Å². The molecule has 0 bridgehead atoms. The number of carbonyl (C=O) groups is 2. The van der Waals surface area contributed by atoms with Gasteiger partial charge in [0.05, 0.1) is 23.6 Å². The molecule has 138 valence electrons. The second kappa shape index (κ2) is 6.78. The van der Waals surface area contributed by atoms with E-state index >= 15 is 0 Å². The highest BCUT2D eigenvalue weighted by Gasteiger charge is 2.39. The Hall–Kier alpha value is -1.89. The molecule has 1 saturated heterocycles. The lowest BCUT2D eigenvalue weighted by Gasteiger charge is -2.24. The quantitative estimate of drug-likeness (QED) is 0.843. The van der Waals surface area contributed by atoms with Crippen LogP contribution in [-0.4, -0.2) is 43.8 Å². The van der Waals surface area contributed by atoms with Gasteiger partial charge in [-0.2, -0.15) is 0 Å². The Labute approximate surface area is 149 Å². The average molecular weight is 366 g/mol. The molecule has 1 heterocycles. The molecular weight excluding hydrogens is 340 g/mol. The lowest BCUT2D eigenvalue weighted by molar-refractivity contribution is -0.121. The van der Waals surface area contributed by atoms with Crippen molar-refractivity contribution in [2.45, 2.75) is 45.1 Å². The smallest absolute Gasteiger partial charge is 0.251 e. The summed E-state index contributed by atoms with van der Waals surface area (Å²) in [4.78, 5) is 24.2. The van der Waals surface area contributed by atoms with Crippen molar-refractivity contribution in [3.05, 3.63) is 35.4 Å². The third kappa shape index (κ3) is 5.29. The van der Waals surface area contributed by atoms with Crippen molar-refractivity contribution in [3.63, 3.8) is 0 Å². The van der Waals surface area contributed by atoms with Crippen molar-refractivity contribution < 1.29 is 18.0 Å². The number of nitrogens with one attached hydrogen (secondary N) is 2. The molecule has 2 amide bonds. The van der Waals surface area contributed by atoms with E-state index in [1.807, 2.05) is 12.1 Å². The summed E-state index contributed by atoms with van der Waals surface area (Å²) in [5.41, 5.74) is 0.855. The van der Waals surface area contributed by atoms with E-state index < -0.39 is 15.4 Å². The van der Waals surface area contributed by atoms with Crippen LogP contribution >= 0.6 is 0 Å². The van der Waals surface area contributed by atoms with Gasteiger partial charge in [0, 0.05) is 5.56 Å². The first-order chi connectivity index (χ1) is 11.4. The molecular formula is C18H26N2O4S. The van der Waals surface area contributed by atoms with Crippen LogP contribution in [0.15, 0.2) is 24.3 Å². The molecule has 1 aliphatic heterocycles. The topological polar surface area (TPSA) is 92.3 Å². The second-order valence-electron chi connectivity index (χ2n) is 7.96. The normalized spacial score (nSPS) is 22.4. The van der Waals surface area contributed by atoms with Crippen LogP contribution in [0.25, 0.3) is 0 Å². The monoisotopic (exact) mass is 366 g/mol. The first-order valence-corrected chi connectivity index (χ1v) is 10.1. The molecule has 1 atom stereocenters. The lowest BCUT2D eigenvalue weighted by Crippen LogP contribution is -2.50. The van der Waals surface area contributed by atoms with Gasteiger partial charge in [0.15, 0.2) is 9.84 Å². The molecule has 1 aromatic rings. The molecule has 2 N–H and O–H groups in total. The van der Waals surface area contributed by atoms with Crippen LogP contribution in [-0.2, 0) is 20.0 Å². The number of benzene rings is 1. The van der Waals surface area contributed by atoms with E-state index in [4.69, 9.17) is 0 Å². The maximum absolute atomic E-state index is 12.1. The molecule has 0 saturated carbocycles. The van der Waals surface area contributed by atoms with Crippen LogP contribution in [0.4, 0.5) is 0 Å². The van der Waals surface area contributed by atoms with Gasteiger partial charge in [-0.05, 0) is 36.5 Å². The molecule has 0 aliphatic carbocycles. The Morgan fingerprint density at radius 2 is 1.76 bits per heavy atom. The van der Waals surface area contributed by atoms with Crippen LogP contribution in [0.3, 0.4) is 0 Å². The molecule has 1 aliphatic rings. The summed E-state index contributed by atoms with van der Waals surface area (Å²) in [7, 11) is -3.09. The number of hydrogen-bond donors (Lipinski definition) is 2. The first-order valence-electron chi connectivity index (χ1n) is 8.30. The number of hydrogen-bond acceptors (Lipinski definition) is 4. The zero-order valence-corrected chi connectivity index (χ0v) is 16.0. The molecule has 2 rings (SSSR count). The van der Waals surface area contributed by atoms with Crippen molar-refractivity contribution in [1.82, 2.24) is 10.6 Å². The molecule has 7 heteroatoms. The SMILES string of the molecule is CC1(NC(=O)CNC(=O)c2ccc(C(C)(C)C)cc2)CCS(=O)(=O)C1. The van der Waals surface area contributed by atoms with Crippen LogP contribution in [0.1, 0.15) is 50.0 Å². The van der Waals surface area contributed by atoms with E-state index in [1.165, 1.54) is 0 Å². The minimum Gasteiger partial charge on any atom is -0.348 e. The Morgan fingerprint density at radius 3 is 2.24 bits per heavy atom. The van der Waals surface area contributed by atoms with Gasteiger partial charge in [0.25, 0.3) is 5.91 Å². The van der Waals surface area contributed by atoms with E-state index in [-0.39, 0.29) is 35.3 Å².